The molecule has 1 unspecified atom stereocenters. The predicted molar refractivity (Wildman–Crippen MR) is 141 cm³/mol. The van der Waals surface area contributed by atoms with Gasteiger partial charge in [0.15, 0.2) is 0 Å². The largest absolute Gasteiger partial charge is 0.491 e. The summed E-state index contributed by atoms with van der Waals surface area (Å²) in [6.45, 7) is 7.09. The van der Waals surface area contributed by atoms with Gasteiger partial charge in [-0.05, 0) is 43.3 Å². The van der Waals surface area contributed by atoms with Crippen LogP contribution in [0.25, 0.3) is 16.6 Å². The lowest BCUT2D eigenvalue weighted by Gasteiger charge is -2.36. The van der Waals surface area contributed by atoms with E-state index in [2.05, 4.69) is 34.1 Å². The summed E-state index contributed by atoms with van der Waals surface area (Å²) in [5, 5.41) is 0.481. The van der Waals surface area contributed by atoms with E-state index in [0.29, 0.717) is 29.1 Å². The van der Waals surface area contributed by atoms with Crippen molar-refractivity contribution < 1.29 is 4.74 Å². The van der Waals surface area contributed by atoms with Crippen LogP contribution < -0.4 is 20.9 Å². The van der Waals surface area contributed by atoms with Crippen LogP contribution >= 0.6 is 0 Å². The molecule has 7 heteroatoms. The summed E-state index contributed by atoms with van der Waals surface area (Å²) in [7, 11) is 0. The molecule has 3 aromatic carbocycles. The molecular weight excluding hydrogens is 438 g/mol. The Morgan fingerprint density at radius 1 is 0.886 bits per heavy atom. The maximum atomic E-state index is 13.7. The standard InChI is InChI=1S/C28H31N5O2/c1-21(29)27-30-24-13-8-14-25(26(24)28(34)33(27)23-11-6-3-7-12-23)35-20-19-31-15-17-32(18-16-31)22-9-4-2-5-10-22/h2-14,21H,15-20,29H2,1H3. The maximum Gasteiger partial charge on any atom is 0.269 e. The molecule has 1 aliphatic heterocycles. The number of nitrogens with two attached hydrogens (primary N) is 1. The fourth-order valence-corrected chi connectivity index (χ4v) is 4.62. The Hall–Kier alpha value is -3.68. The molecule has 1 atom stereocenters. The van der Waals surface area contributed by atoms with Gasteiger partial charge in [-0.3, -0.25) is 14.3 Å². The first-order valence-corrected chi connectivity index (χ1v) is 12.1. The van der Waals surface area contributed by atoms with E-state index in [9.17, 15) is 4.79 Å². The number of fused-ring (bicyclic) bond motifs is 1. The van der Waals surface area contributed by atoms with E-state index in [-0.39, 0.29) is 5.56 Å². The maximum absolute atomic E-state index is 13.7. The summed E-state index contributed by atoms with van der Waals surface area (Å²) < 4.78 is 7.77. The summed E-state index contributed by atoms with van der Waals surface area (Å²) >= 11 is 0. The first-order valence-electron chi connectivity index (χ1n) is 12.1. The van der Waals surface area contributed by atoms with E-state index in [0.717, 1.165) is 38.4 Å². The summed E-state index contributed by atoms with van der Waals surface area (Å²) in [6, 6.07) is 25.2. The van der Waals surface area contributed by atoms with Gasteiger partial charge in [-0.2, -0.15) is 0 Å². The molecule has 1 fully saturated rings. The SMILES string of the molecule is CC(N)c1nc2cccc(OCCN3CCN(c4ccccc4)CC3)c2c(=O)n1-c1ccccc1. The van der Waals surface area contributed by atoms with Crippen molar-refractivity contribution in [3.8, 4) is 11.4 Å². The molecule has 2 N–H and O–H groups in total. The molecule has 180 valence electrons. The Kier molecular flexibility index (Phi) is 6.79. The van der Waals surface area contributed by atoms with Gasteiger partial charge in [0.2, 0.25) is 0 Å². The normalized spacial score (nSPS) is 15.3. The second kappa shape index (κ2) is 10.3. The van der Waals surface area contributed by atoms with Crippen molar-refractivity contribution in [2.24, 2.45) is 5.73 Å². The highest BCUT2D eigenvalue weighted by molar-refractivity contribution is 5.84. The molecule has 35 heavy (non-hydrogen) atoms. The van der Waals surface area contributed by atoms with E-state index < -0.39 is 6.04 Å². The summed E-state index contributed by atoms with van der Waals surface area (Å²) in [6.07, 6.45) is 0. The zero-order valence-electron chi connectivity index (χ0n) is 20.0. The average Bonchev–Trinajstić information content (AvgIpc) is 2.90. The molecule has 2 heterocycles. The van der Waals surface area contributed by atoms with Crippen molar-refractivity contribution >= 4 is 16.6 Å². The number of nitrogens with zero attached hydrogens (tertiary/aromatic N) is 4. The molecule has 1 saturated heterocycles. The minimum atomic E-state index is -0.397. The highest BCUT2D eigenvalue weighted by atomic mass is 16.5. The quantitative estimate of drug-likeness (QED) is 0.446. The molecule has 0 amide bonds. The van der Waals surface area contributed by atoms with E-state index in [1.165, 1.54) is 5.69 Å². The number of piperazine rings is 1. The molecule has 4 aromatic rings. The van der Waals surface area contributed by atoms with Crippen LogP contribution in [-0.4, -0.2) is 53.8 Å². The molecule has 7 nitrogen and oxygen atoms in total. The third kappa shape index (κ3) is 4.92. The van der Waals surface area contributed by atoms with Crippen LogP contribution in [0.15, 0.2) is 83.7 Å². The third-order valence-electron chi connectivity index (χ3n) is 6.47. The van der Waals surface area contributed by atoms with Crippen molar-refractivity contribution in [1.82, 2.24) is 14.5 Å². The summed E-state index contributed by atoms with van der Waals surface area (Å²) in [4.78, 5) is 23.2. The molecular formula is C28H31N5O2. The Bertz CT molecular complexity index is 1330. The number of para-hydroxylation sites is 2. The van der Waals surface area contributed by atoms with E-state index in [4.69, 9.17) is 15.5 Å². The van der Waals surface area contributed by atoms with Crippen molar-refractivity contribution in [3.05, 3.63) is 95.0 Å². The van der Waals surface area contributed by atoms with Gasteiger partial charge in [-0.1, -0.05) is 42.5 Å². The van der Waals surface area contributed by atoms with Gasteiger partial charge in [0, 0.05) is 38.4 Å². The van der Waals surface area contributed by atoms with E-state index in [1.54, 1.807) is 4.57 Å². The number of hydrogen-bond acceptors (Lipinski definition) is 6. The molecule has 0 bridgehead atoms. The molecule has 0 saturated carbocycles. The molecule has 5 rings (SSSR count). The van der Waals surface area contributed by atoms with Crippen LogP contribution in [0.1, 0.15) is 18.8 Å². The second-order valence-corrected chi connectivity index (χ2v) is 8.90. The van der Waals surface area contributed by atoms with Crippen LogP contribution in [0, 0.1) is 0 Å². The number of benzene rings is 3. The number of hydrogen-bond donors (Lipinski definition) is 1. The molecule has 1 aromatic heterocycles. The minimum absolute atomic E-state index is 0.166. The van der Waals surface area contributed by atoms with Crippen molar-refractivity contribution in [1.29, 1.82) is 0 Å². The van der Waals surface area contributed by atoms with E-state index >= 15 is 0 Å². The van der Waals surface area contributed by atoms with Crippen LogP contribution in [0.2, 0.25) is 0 Å². The Balaban J connectivity index is 1.33. The molecule has 1 aliphatic rings. The molecule has 0 radical (unpaired) electrons. The van der Waals surface area contributed by atoms with Crippen molar-refractivity contribution in [3.63, 3.8) is 0 Å². The van der Waals surface area contributed by atoms with Crippen LogP contribution in [0.4, 0.5) is 5.69 Å². The van der Waals surface area contributed by atoms with Gasteiger partial charge in [0.25, 0.3) is 5.56 Å². The van der Waals surface area contributed by atoms with Crippen molar-refractivity contribution in [2.45, 2.75) is 13.0 Å². The second-order valence-electron chi connectivity index (χ2n) is 8.90. The zero-order valence-corrected chi connectivity index (χ0v) is 20.0. The van der Waals surface area contributed by atoms with Gasteiger partial charge in [-0.15, -0.1) is 0 Å². The van der Waals surface area contributed by atoms with Gasteiger partial charge < -0.3 is 15.4 Å². The molecule has 0 spiro atoms. The predicted octanol–water partition coefficient (Wildman–Crippen LogP) is 3.61. The van der Waals surface area contributed by atoms with E-state index in [1.807, 2.05) is 61.5 Å². The van der Waals surface area contributed by atoms with Crippen molar-refractivity contribution in [2.75, 3.05) is 44.2 Å². The first-order chi connectivity index (χ1) is 17.1. The fraction of sp³-hybridized carbons (Fsp3) is 0.286. The summed E-state index contributed by atoms with van der Waals surface area (Å²) in [5.41, 5.74) is 8.64. The first kappa shape index (κ1) is 23.1. The van der Waals surface area contributed by atoms with Gasteiger partial charge in [0.05, 0.1) is 17.2 Å². The minimum Gasteiger partial charge on any atom is -0.491 e. The zero-order chi connectivity index (χ0) is 24.2. The van der Waals surface area contributed by atoms with Crippen LogP contribution in [0.5, 0.6) is 5.75 Å². The topological polar surface area (TPSA) is 76.6 Å². The third-order valence-corrected chi connectivity index (χ3v) is 6.47. The lowest BCUT2D eigenvalue weighted by Crippen LogP contribution is -2.47. The highest BCUT2D eigenvalue weighted by Crippen LogP contribution is 2.24. The fourth-order valence-electron chi connectivity index (χ4n) is 4.62. The van der Waals surface area contributed by atoms with Crippen LogP contribution in [0.3, 0.4) is 0 Å². The number of aromatic nitrogens is 2. The Morgan fingerprint density at radius 3 is 2.20 bits per heavy atom. The Morgan fingerprint density at radius 2 is 1.54 bits per heavy atom. The van der Waals surface area contributed by atoms with Gasteiger partial charge in [-0.25, -0.2) is 4.98 Å². The molecule has 0 aliphatic carbocycles. The van der Waals surface area contributed by atoms with Gasteiger partial charge >= 0.3 is 0 Å². The lowest BCUT2D eigenvalue weighted by molar-refractivity contribution is 0.201. The number of ether oxygens (including phenoxy) is 1. The smallest absolute Gasteiger partial charge is 0.269 e. The van der Waals surface area contributed by atoms with Crippen LogP contribution in [-0.2, 0) is 0 Å². The van der Waals surface area contributed by atoms with Gasteiger partial charge in [0.1, 0.15) is 23.6 Å². The number of anilines is 1. The monoisotopic (exact) mass is 469 g/mol. The Labute approximate surface area is 205 Å². The average molecular weight is 470 g/mol. The lowest BCUT2D eigenvalue weighted by atomic mass is 10.2. The summed E-state index contributed by atoms with van der Waals surface area (Å²) in [5.74, 6) is 1.09. The number of rotatable bonds is 7. The highest BCUT2D eigenvalue weighted by Gasteiger charge is 2.20.